The maximum atomic E-state index is 13.8. The van der Waals surface area contributed by atoms with Crippen molar-refractivity contribution < 1.29 is 35.2 Å². The smallest absolute Gasteiger partial charge is 0.376 e. The molecule has 22 heavy (non-hydrogen) atoms. The molecule has 10 heteroatoms. The number of halogens is 5. The van der Waals surface area contributed by atoms with Gasteiger partial charge in [-0.3, -0.25) is 0 Å². The number of hydrogen-bond donors (Lipinski definition) is 1. The number of benzene rings is 1. The van der Waals surface area contributed by atoms with Crippen molar-refractivity contribution in [3.8, 4) is 0 Å². The molecule has 0 aromatic heterocycles. The predicted molar refractivity (Wildman–Crippen MR) is 69.2 cm³/mol. The van der Waals surface area contributed by atoms with Gasteiger partial charge in [-0.1, -0.05) is 0 Å². The molecule has 126 valence electrons. The van der Waals surface area contributed by atoms with E-state index in [0.717, 1.165) is 14.2 Å². The molecule has 0 aliphatic carbocycles. The monoisotopic (exact) mass is 345 g/mol. The molecule has 0 radical (unpaired) electrons. The molecule has 1 aromatic carbocycles. The summed E-state index contributed by atoms with van der Waals surface area (Å²) in [5, 5.41) is 0. The van der Waals surface area contributed by atoms with Crippen LogP contribution in [-0.2, 0) is 13.3 Å². The van der Waals surface area contributed by atoms with Gasteiger partial charge >= 0.3 is 8.80 Å². The van der Waals surface area contributed by atoms with Gasteiger partial charge in [0.1, 0.15) is 5.67 Å². The van der Waals surface area contributed by atoms with E-state index in [-0.39, 0.29) is 0 Å². The zero-order valence-corrected chi connectivity index (χ0v) is 13.3. The first-order chi connectivity index (χ1) is 10.1. The van der Waals surface area contributed by atoms with E-state index in [2.05, 4.69) is 0 Å². The van der Waals surface area contributed by atoms with E-state index >= 15 is 0 Å². The molecule has 0 amide bonds. The Bertz CT molecular complexity index is 525. The zero-order valence-electron chi connectivity index (χ0n) is 12.3. The molecule has 1 unspecified atom stereocenters. The summed E-state index contributed by atoms with van der Waals surface area (Å²) in [6.07, 6.45) is -0.515. The van der Waals surface area contributed by atoms with Crippen LogP contribution in [0.4, 0.5) is 22.0 Å². The van der Waals surface area contributed by atoms with Crippen molar-refractivity contribution in [2.45, 2.75) is 25.6 Å². The van der Waals surface area contributed by atoms with Crippen molar-refractivity contribution >= 4 is 8.80 Å². The van der Waals surface area contributed by atoms with Crippen molar-refractivity contribution in [3.05, 3.63) is 34.6 Å². The third-order valence-electron chi connectivity index (χ3n) is 2.90. The zero-order chi connectivity index (χ0) is 17.2. The van der Waals surface area contributed by atoms with Crippen LogP contribution in [0.1, 0.15) is 25.1 Å². The average Bonchev–Trinajstić information content (AvgIpc) is 2.48. The first kappa shape index (κ1) is 19.0. The van der Waals surface area contributed by atoms with Crippen molar-refractivity contribution in [3.63, 3.8) is 0 Å². The van der Waals surface area contributed by atoms with Crippen LogP contribution in [0.25, 0.3) is 0 Å². The summed E-state index contributed by atoms with van der Waals surface area (Å²) in [5.41, 5.74) is 2.66. The van der Waals surface area contributed by atoms with E-state index in [1.165, 1.54) is 0 Å². The molecule has 4 nitrogen and oxygen atoms in total. The Morgan fingerprint density at radius 3 is 1.50 bits per heavy atom. The van der Waals surface area contributed by atoms with Crippen LogP contribution in [0, 0.1) is 29.1 Å². The molecule has 0 aliphatic rings. The van der Waals surface area contributed by atoms with Crippen LogP contribution in [0.2, 0.25) is 0 Å². The maximum absolute atomic E-state index is 13.8. The molecule has 1 atom stereocenters. The maximum Gasteiger partial charge on any atom is 0.523 e. The second kappa shape index (κ2) is 7.00. The van der Waals surface area contributed by atoms with Gasteiger partial charge in [0.25, 0.3) is 0 Å². The number of hydrogen-bond acceptors (Lipinski definition) is 4. The van der Waals surface area contributed by atoms with Crippen LogP contribution in [0.3, 0.4) is 0 Å². The molecular formula is C12H16F5NO3Si. The summed E-state index contributed by atoms with van der Waals surface area (Å²) in [6, 6.07) is 0. The molecule has 0 bridgehead atoms. The highest BCUT2D eigenvalue weighted by molar-refractivity contribution is 6.62. The minimum absolute atomic E-state index is 0.515. The molecule has 0 saturated heterocycles. The standard InChI is InChI=1S/C12H16F5NO3Si/c1-5(2)21-22(19-3,20-4)12(18)6-7(13)9(15)11(17)10(16)8(6)14/h5,12H,18H2,1-4H3. The van der Waals surface area contributed by atoms with E-state index in [0.29, 0.717) is 0 Å². The Morgan fingerprint density at radius 1 is 0.818 bits per heavy atom. The lowest BCUT2D eigenvalue weighted by Gasteiger charge is -2.33. The van der Waals surface area contributed by atoms with Gasteiger partial charge in [0.2, 0.25) is 5.82 Å². The third-order valence-corrected chi connectivity index (χ3v) is 5.89. The summed E-state index contributed by atoms with van der Waals surface area (Å²) < 4.78 is 82.8. The summed E-state index contributed by atoms with van der Waals surface area (Å²) >= 11 is 0. The topological polar surface area (TPSA) is 53.7 Å². The largest absolute Gasteiger partial charge is 0.523 e. The van der Waals surface area contributed by atoms with Crippen molar-refractivity contribution in [1.29, 1.82) is 0 Å². The lowest BCUT2D eigenvalue weighted by molar-refractivity contribution is 0.0602. The Morgan fingerprint density at radius 2 is 1.18 bits per heavy atom. The quantitative estimate of drug-likeness (QED) is 0.373. The SMILES string of the molecule is CO[Si](OC)(OC(C)C)C(N)c1c(F)c(F)c(F)c(F)c1F. The van der Waals surface area contributed by atoms with Crippen molar-refractivity contribution in [2.24, 2.45) is 5.73 Å². The Hall–Kier alpha value is -1.07. The van der Waals surface area contributed by atoms with Crippen LogP contribution in [0.15, 0.2) is 0 Å². The fraction of sp³-hybridized carbons (Fsp3) is 0.500. The van der Waals surface area contributed by atoms with Gasteiger partial charge in [0.05, 0.1) is 5.56 Å². The van der Waals surface area contributed by atoms with Crippen LogP contribution < -0.4 is 5.73 Å². The summed E-state index contributed by atoms with van der Waals surface area (Å²) in [7, 11) is -1.70. The van der Waals surface area contributed by atoms with E-state index in [9.17, 15) is 22.0 Å². The molecule has 1 aromatic rings. The van der Waals surface area contributed by atoms with E-state index < -0.39 is 55.2 Å². The second-order valence-corrected chi connectivity index (χ2v) is 7.52. The first-order valence-electron chi connectivity index (χ1n) is 6.17. The highest BCUT2D eigenvalue weighted by Gasteiger charge is 2.51. The molecule has 2 N–H and O–H groups in total. The summed E-state index contributed by atoms with van der Waals surface area (Å²) in [4.78, 5) is 0. The van der Waals surface area contributed by atoms with Crippen LogP contribution in [-0.4, -0.2) is 29.1 Å². The normalized spacial score (nSPS) is 13.8. The minimum atomic E-state index is -3.93. The highest BCUT2D eigenvalue weighted by atomic mass is 28.4. The highest BCUT2D eigenvalue weighted by Crippen LogP contribution is 2.33. The van der Waals surface area contributed by atoms with Crippen molar-refractivity contribution in [1.82, 2.24) is 0 Å². The van der Waals surface area contributed by atoms with E-state index in [1.807, 2.05) is 0 Å². The second-order valence-electron chi connectivity index (χ2n) is 4.64. The lowest BCUT2D eigenvalue weighted by atomic mass is 10.1. The van der Waals surface area contributed by atoms with Crippen LogP contribution in [0.5, 0.6) is 0 Å². The molecule has 1 rings (SSSR count). The fourth-order valence-corrected chi connectivity index (χ4v) is 4.18. The molecule has 0 spiro atoms. The number of nitrogens with two attached hydrogens (primary N) is 1. The van der Waals surface area contributed by atoms with Gasteiger partial charge in [-0.15, -0.1) is 0 Å². The molecule has 0 heterocycles. The Labute approximate surface area is 125 Å². The van der Waals surface area contributed by atoms with Gasteiger partial charge in [-0.25, -0.2) is 22.0 Å². The van der Waals surface area contributed by atoms with E-state index in [4.69, 9.17) is 19.0 Å². The van der Waals surface area contributed by atoms with Gasteiger partial charge in [-0.2, -0.15) is 0 Å². The number of rotatable bonds is 6. The van der Waals surface area contributed by atoms with Gasteiger partial charge in [-0.05, 0) is 13.8 Å². The van der Waals surface area contributed by atoms with Crippen LogP contribution >= 0.6 is 0 Å². The summed E-state index contributed by atoms with van der Waals surface area (Å²) in [6.45, 7) is 3.15. The minimum Gasteiger partial charge on any atom is -0.376 e. The van der Waals surface area contributed by atoms with Crippen molar-refractivity contribution in [2.75, 3.05) is 14.2 Å². The fourth-order valence-electron chi connectivity index (χ4n) is 1.91. The molecule has 0 aliphatic heterocycles. The third kappa shape index (κ3) is 3.15. The lowest BCUT2D eigenvalue weighted by Crippen LogP contribution is -2.55. The molecule has 0 fully saturated rings. The van der Waals surface area contributed by atoms with Gasteiger partial charge in [0, 0.05) is 20.3 Å². The predicted octanol–water partition coefficient (Wildman–Crippen LogP) is 2.58. The van der Waals surface area contributed by atoms with Gasteiger partial charge < -0.3 is 19.0 Å². The molecule has 0 saturated carbocycles. The summed E-state index contributed by atoms with van der Waals surface area (Å²) in [5.74, 6) is -10.5. The Kier molecular flexibility index (Phi) is 6.04. The average molecular weight is 345 g/mol. The van der Waals surface area contributed by atoms with Gasteiger partial charge in [0.15, 0.2) is 23.3 Å². The first-order valence-corrected chi connectivity index (χ1v) is 7.98. The molecular weight excluding hydrogens is 329 g/mol. The van der Waals surface area contributed by atoms with E-state index in [1.54, 1.807) is 13.8 Å². The Balaban J connectivity index is 3.52.